The van der Waals surface area contributed by atoms with E-state index < -0.39 is 0 Å². The fraction of sp³-hybridized carbons (Fsp3) is 0.917. The average molecular weight is 226 g/mol. The number of aliphatic imine (C=N–C) groups is 1. The lowest BCUT2D eigenvalue weighted by Gasteiger charge is -2.31. The van der Waals surface area contributed by atoms with E-state index in [4.69, 9.17) is 4.99 Å². The van der Waals surface area contributed by atoms with Crippen molar-refractivity contribution in [2.45, 2.75) is 69.7 Å². The molecule has 3 heteroatoms. The minimum absolute atomic E-state index is 0.322. The summed E-state index contributed by atoms with van der Waals surface area (Å²) >= 11 is 1.91. The highest BCUT2D eigenvalue weighted by atomic mass is 32.2. The van der Waals surface area contributed by atoms with Crippen LogP contribution in [0.2, 0.25) is 0 Å². The maximum Gasteiger partial charge on any atom is 0.157 e. The van der Waals surface area contributed by atoms with Crippen molar-refractivity contribution in [3.63, 3.8) is 0 Å². The van der Waals surface area contributed by atoms with Crippen molar-refractivity contribution in [1.29, 1.82) is 0 Å². The largest absolute Gasteiger partial charge is 0.360 e. The summed E-state index contributed by atoms with van der Waals surface area (Å²) in [6.45, 7) is 6.86. The minimum Gasteiger partial charge on any atom is -0.360 e. The second kappa shape index (κ2) is 4.36. The average Bonchev–Trinajstić information content (AvgIpc) is 2.49. The van der Waals surface area contributed by atoms with Crippen LogP contribution in [-0.2, 0) is 0 Å². The summed E-state index contributed by atoms with van der Waals surface area (Å²) in [4.78, 5) is 4.71. The van der Waals surface area contributed by atoms with Crippen molar-refractivity contribution in [1.82, 2.24) is 5.32 Å². The molecular weight excluding hydrogens is 204 g/mol. The molecule has 1 aliphatic heterocycles. The Morgan fingerprint density at radius 1 is 1.33 bits per heavy atom. The van der Waals surface area contributed by atoms with Crippen molar-refractivity contribution in [2.75, 3.05) is 0 Å². The first-order valence-electron chi connectivity index (χ1n) is 6.10. The highest BCUT2D eigenvalue weighted by Gasteiger charge is 2.31. The number of thioether (sulfide) groups is 1. The maximum atomic E-state index is 4.71. The molecule has 0 spiro atoms. The molecule has 0 aromatic carbocycles. The van der Waals surface area contributed by atoms with Gasteiger partial charge < -0.3 is 5.32 Å². The van der Waals surface area contributed by atoms with Crippen molar-refractivity contribution < 1.29 is 0 Å². The van der Waals surface area contributed by atoms with E-state index in [1.807, 2.05) is 11.8 Å². The van der Waals surface area contributed by atoms with E-state index in [-0.39, 0.29) is 0 Å². The van der Waals surface area contributed by atoms with E-state index in [2.05, 4.69) is 26.1 Å². The maximum absolute atomic E-state index is 4.71. The topological polar surface area (TPSA) is 24.4 Å². The number of amidine groups is 1. The van der Waals surface area contributed by atoms with E-state index >= 15 is 0 Å². The fourth-order valence-electron chi connectivity index (χ4n) is 2.60. The standard InChI is InChI=1S/C12H22N2S/c1-9-8-10(2)15-11(13-9)14-12(3)6-4-5-7-12/h9-10H,4-8H2,1-3H3,(H,13,14). The Labute approximate surface area is 97.3 Å². The molecule has 2 nitrogen and oxygen atoms in total. The first-order chi connectivity index (χ1) is 7.07. The van der Waals surface area contributed by atoms with Crippen LogP contribution in [0.3, 0.4) is 0 Å². The van der Waals surface area contributed by atoms with Gasteiger partial charge in [0.2, 0.25) is 0 Å². The normalized spacial score (nSPS) is 35.0. The highest BCUT2D eigenvalue weighted by molar-refractivity contribution is 8.14. The summed E-state index contributed by atoms with van der Waals surface area (Å²) in [5.41, 5.74) is 0.322. The van der Waals surface area contributed by atoms with Crippen LogP contribution in [0.5, 0.6) is 0 Å². The molecule has 1 N–H and O–H groups in total. The molecule has 0 aromatic rings. The summed E-state index contributed by atoms with van der Waals surface area (Å²) in [7, 11) is 0. The molecule has 2 aliphatic rings. The Morgan fingerprint density at radius 3 is 2.60 bits per heavy atom. The number of hydrogen-bond acceptors (Lipinski definition) is 3. The van der Waals surface area contributed by atoms with Gasteiger partial charge in [-0.05, 0) is 33.1 Å². The van der Waals surface area contributed by atoms with E-state index in [9.17, 15) is 0 Å². The Hall–Kier alpha value is -0.180. The third-order valence-electron chi connectivity index (χ3n) is 3.44. The molecule has 2 atom stereocenters. The fourth-order valence-corrected chi connectivity index (χ4v) is 3.90. The summed E-state index contributed by atoms with van der Waals surface area (Å²) in [6, 6.07) is 0.494. The number of hydrogen-bond donors (Lipinski definition) is 1. The Morgan fingerprint density at radius 2 is 2.00 bits per heavy atom. The van der Waals surface area contributed by atoms with Gasteiger partial charge in [-0.3, -0.25) is 4.99 Å². The Bertz CT molecular complexity index is 256. The number of nitrogens with one attached hydrogen (secondary N) is 1. The van der Waals surface area contributed by atoms with Crippen molar-refractivity contribution >= 4 is 16.9 Å². The van der Waals surface area contributed by atoms with Crippen LogP contribution < -0.4 is 5.32 Å². The summed E-state index contributed by atoms with van der Waals surface area (Å²) in [5.74, 6) is 0. The SMILES string of the molecule is CC1CC(C)SC(NC2(C)CCCC2)=N1. The van der Waals surface area contributed by atoms with Gasteiger partial charge >= 0.3 is 0 Å². The first-order valence-corrected chi connectivity index (χ1v) is 6.98. The van der Waals surface area contributed by atoms with Crippen LogP contribution in [0, 0.1) is 0 Å². The predicted molar refractivity (Wildman–Crippen MR) is 68.6 cm³/mol. The lowest BCUT2D eigenvalue weighted by atomic mass is 10.0. The second-order valence-corrected chi connectivity index (χ2v) is 6.77. The molecule has 1 saturated carbocycles. The van der Waals surface area contributed by atoms with Gasteiger partial charge in [-0.2, -0.15) is 0 Å². The van der Waals surface area contributed by atoms with Gasteiger partial charge in [0.1, 0.15) is 0 Å². The highest BCUT2D eigenvalue weighted by Crippen LogP contribution is 2.32. The molecule has 2 rings (SSSR count). The number of rotatable bonds is 1. The Kier molecular flexibility index (Phi) is 3.29. The van der Waals surface area contributed by atoms with Crippen molar-refractivity contribution in [3.8, 4) is 0 Å². The summed E-state index contributed by atoms with van der Waals surface area (Å²) in [5, 5.41) is 5.57. The molecule has 0 saturated heterocycles. The molecule has 2 unspecified atom stereocenters. The van der Waals surface area contributed by atoms with Gasteiger partial charge in [0.25, 0.3) is 0 Å². The smallest absolute Gasteiger partial charge is 0.157 e. The zero-order valence-electron chi connectivity index (χ0n) is 10.0. The zero-order valence-corrected chi connectivity index (χ0v) is 10.9. The van der Waals surface area contributed by atoms with Gasteiger partial charge in [-0.25, -0.2) is 0 Å². The molecule has 1 fully saturated rings. The van der Waals surface area contributed by atoms with E-state index in [1.54, 1.807) is 0 Å². The minimum atomic E-state index is 0.322. The molecule has 0 amide bonds. The molecule has 0 aromatic heterocycles. The quantitative estimate of drug-likeness (QED) is 0.742. The molecule has 15 heavy (non-hydrogen) atoms. The van der Waals surface area contributed by atoms with Gasteiger partial charge in [-0.1, -0.05) is 31.5 Å². The van der Waals surface area contributed by atoms with E-state index in [1.165, 1.54) is 37.3 Å². The summed E-state index contributed by atoms with van der Waals surface area (Å²) in [6.07, 6.45) is 6.55. The van der Waals surface area contributed by atoms with Gasteiger partial charge in [0, 0.05) is 10.8 Å². The van der Waals surface area contributed by atoms with E-state index in [0.717, 1.165) is 0 Å². The van der Waals surface area contributed by atoms with Gasteiger partial charge in [0.05, 0.1) is 6.04 Å². The monoisotopic (exact) mass is 226 g/mol. The van der Waals surface area contributed by atoms with Crippen LogP contribution in [0.25, 0.3) is 0 Å². The number of nitrogens with zero attached hydrogens (tertiary/aromatic N) is 1. The van der Waals surface area contributed by atoms with Crippen LogP contribution in [-0.4, -0.2) is 22.0 Å². The van der Waals surface area contributed by atoms with Gasteiger partial charge in [-0.15, -0.1) is 0 Å². The summed E-state index contributed by atoms with van der Waals surface area (Å²) < 4.78 is 0. The van der Waals surface area contributed by atoms with Crippen LogP contribution in [0.4, 0.5) is 0 Å². The lowest BCUT2D eigenvalue weighted by molar-refractivity contribution is 0.432. The van der Waals surface area contributed by atoms with Crippen LogP contribution >= 0.6 is 11.8 Å². The molecule has 0 bridgehead atoms. The molecule has 86 valence electrons. The van der Waals surface area contributed by atoms with Crippen molar-refractivity contribution in [2.24, 2.45) is 4.99 Å². The predicted octanol–water partition coefficient (Wildman–Crippen LogP) is 3.18. The van der Waals surface area contributed by atoms with Crippen LogP contribution in [0.1, 0.15) is 52.9 Å². The third-order valence-corrected chi connectivity index (χ3v) is 4.46. The van der Waals surface area contributed by atoms with Crippen molar-refractivity contribution in [3.05, 3.63) is 0 Å². The van der Waals surface area contributed by atoms with E-state index in [0.29, 0.717) is 16.8 Å². The second-order valence-electron chi connectivity index (χ2n) is 5.34. The molecular formula is C12H22N2S. The first kappa shape index (κ1) is 11.3. The van der Waals surface area contributed by atoms with Gasteiger partial charge in [0.15, 0.2) is 5.17 Å². The molecule has 0 radical (unpaired) electrons. The molecule has 1 aliphatic carbocycles. The third kappa shape index (κ3) is 2.90. The molecule has 1 heterocycles. The zero-order chi connectivity index (χ0) is 10.9. The Balaban J connectivity index is 1.98. The lowest BCUT2D eigenvalue weighted by Crippen LogP contribution is -2.44. The van der Waals surface area contributed by atoms with Crippen LogP contribution in [0.15, 0.2) is 4.99 Å².